The van der Waals surface area contributed by atoms with Crippen molar-refractivity contribution in [3.05, 3.63) is 47.5 Å². The van der Waals surface area contributed by atoms with Gasteiger partial charge in [0.25, 0.3) is 5.91 Å². The van der Waals surface area contributed by atoms with Crippen molar-refractivity contribution in [1.82, 2.24) is 20.1 Å². The van der Waals surface area contributed by atoms with Crippen LogP contribution < -0.4 is 0 Å². The number of hydrogen-bond acceptors (Lipinski definition) is 4. The van der Waals surface area contributed by atoms with E-state index in [9.17, 15) is 9.18 Å². The molecular weight excluding hydrogens is 275 g/mol. The fourth-order valence-electron chi connectivity index (χ4n) is 2.19. The third-order valence-electron chi connectivity index (χ3n) is 3.31. The normalized spacial score (nSPS) is 11.0. The van der Waals surface area contributed by atoms with Crippen LogP contribution in [0.2, 0.25) is 0 Å². The lowest BCUT2D eigenvalue weighted by atomic mass is 10.1. The number of H-pyrrole nitrogens is 1. The van der Waals surface area contributed by atoms with E-state index in [2.05, 4.69) is 15.2 Å². The van der Waals surface area contributed by atoms with Crippen LogP contribution in [-0.4, -0.2) is 33.0 Å². The number of aryl methyl sites for hydroxylation is 1. The van der Waals surface area contributed by atoms with Gasteiger partial charge in [-0.2, -0.15) is 5.10 Å². The van der Waals surface area contributed by atoms with Gasteiger partial charge in [-0.1, -0.05) is 12.1 Å². The molecule has 3 aromatic rings. The number of halogens is 1. The molecule has 2 heterocycles. The summed E-state index contributed by atoms with van der Waals surface area (Å²) in [6.45, 7) is 2.00. The number of furan rings is 1. The number of carbonyl (C=O) groups is 1. The zero-order chi connectivity index (χ0) is 15.0. The molecule has 0 fully saturated rings. The molecule has 0 radical (unpaired) electrons. The van der Waals surface area contributed by atoms with Gasteiger partial charge in [0.05, 0.1) is 6.54 Å². The molecule has 3 rings (SSSR count). The Morgan fingerprint density at radius 2 is 2.29 bits per heavy atom. The average molecular weight is 288 g/mol. The van der Waals surface area contributed by atoms with Crippen LogP contribution in [0, 0.1) is 12.7 Å². The predicted octanol–water partition coefficient (Wildman–Crippen LogP) is 2.27. The molecule has 0 unspecified atom stereocenters. The molecule has 0 saturated carbocycles. The smallest absolute Gasteiger partial charge is 0.290 e. The van der Waals surface area contributed by atoms with Crippen molar-refractivity contribution in [2.75, 3.05) is 7.05 Å². The number of para-hydroxylation sites is 1. The number of nitrogens with zero attached hydrogens (tertiary/aromatic N) is 3. The van der Waals surface area contributed by atoms with Crippen molar-refractivity contribution in [1.29, 1.82) is 0 Å². The minimum atomic E-state index is -0.479. The highest BCUT2D eigenvalue weighted by atomic mass is 19.1. The predicted molar refractivity (Wildman–Crippen MR) is 73.1 cm³/mol. The number of hydrogen-bond donors (Lipinski definition) is 1. The van der Waals surface area contributed by atoms with Crippen molar-refractivity contribution < 1.29 is 13.6 Å². The molecule has 7 heteroatoms. The van der Waals surface area contributed by atoms with E-state index in [4.69, 9.17) is 4.42 Å². The van der Waals surface area contributed by atoms with Gasteiger partial charge in [0, 0.05) is 18.0 Å². The summed E-state index contributed by atoms with van der Waals surface area (Å²) in [6.07, 6.45) is 1.37. The molecule has 1 amide bonds. The molecule has 21 heavy (non-hydrogen) atoms. The Labute approximate surface area is 119 Å². The molecule has 1 N–H and O–H groups in total. The first-order valence-corrected chi connectivity index (χ1v) is 6.35. The highest BCUT2D eigenvalue weighted by Gasteiger charge is 2.22. The van der Waals surface area contributed by atoms with Crippen molar-refractivity contribution in [2.24, 2.45) is 0 Å². The van der Waals surface area contributed by atoms with Crippen LogP contribution >= 0.6 is 0 Å². The fraction of sp³-hybridized carbons (Fsp3) is 0.214. The van der Waals surface area contributed by atoms with Crippen molar-refractivity contribution in [3.63, 3.8) is 0 Å². The second kappa shape index (κ2) is 5.01. The maximum absolute atomic E-state index is 13.7. The fourth-order valence-corrected chi connectivity index (χ4v) is 2.19. The number of aromatic amines is 1. The monoisotopic (exact) mass is 288 g/mol. The van der Waals surface area contributed by atoms with E-state index in [0.717, 1.165) is 0 Å². The molecule has 0 aliphatic carbocycles. The average Bonchev–Trinajstić information content (AvgIpc) is 3.08. The van der Waals surface area contributed by atoms with Crippen LogP contribution in [0.4, 0.5) is 4.39 Å². The Hall–Kier alpha value is -2.70. The molecule has 1 aromatic carbocycles. The summed E-state index contributed by atoms with van der Waals surface area (Å²) in [4.78, 5) is 17.8. The number of rotatable bonds is 3. The van der Waals surface area contributed by atoms with Gasteiger partial charge in [-0.3, -0.25) is 9.89 Å². The first-order chi connectivity index (χ1) is 10.1. The summed E-state index contributed by atoms with van der Waals surface area (Å²) in [5, 5.41) is 7.01. The van der Waals surface area contributed by atoms with Crippen LogP contribution in [0.25, 0.3) is 11.0 Å². The van der Waals surface area contributed by atoms with Gasteiger partial charge in [-0.05, 0) is 13.0 Å². The first-order valence-electron chi connectivity index (χ1n) is 6.35. The van der Waals surface area contributed by atoms with E-state index in [1.165, 1.54) is 17.3 Å². The standard InChI is InChI=1S/C14H13FN4O2/c1-8-9-4-3-5-10(15)13(9)21-12(8)14(20)19(2)6-11-16-7-17-18-11/h3-5,7H,6H2,1-2H3,(H,16,17,18). The minimum absolute atomic E-state index is 0.103. The Morgan fingerprint density at radius 3 is 2.95 bits per heavy atom. The lowest BCUT2D eigenvalue weighted by Gasteiger charge is -2.14. The Kier molecular flexibility index (Phi) is 3.17. The van der Waals surface area contributed by atoms with Crippen LogP contribution in [0.3, 0.4) is 0 Å². The summed E-state index contributed by atoms with van der Waals surface area (Å²) >= 11 is 0. The number of nitrogens with one attached hydrogen (secondary N) is 1. The van der Waals surface area contributed by atoms with Crippen LogP contribution in [0.1, 0.15) is 21.9 Å². The number of aromatic nitrogens is 3. The van der Waals surface area contributed by atoms with E-state index in [1.54, 1.807) is 26.1 Å². The van der Waals surface area contributed by atoms with Gasteiger partial charge in [-0.25, -0.2) is 9.37 Å². The lowest BCUT2D eigenvalue weighted by Crippen LogP contribution is -2.26. The maximum Gasteiger partial charge on any atom is 0.290 e. The molecule has 2 aromatic heterocycles. The lowest BCUT2D eigenvalue weighted by molar-refractivity contribution is 0.0751. The number of carbonyl (C=O) groups excluding carboxylic acids is 1. The molecule has 108 valence electrons. The van der Waals surface area contributed by atoms with Crippen LogP contribution in [0.5, 0.6) is 0 Å². The van der Waals surface area contributed by atoms with Crippen molar-refractivity contribution >= 4 is 16.9 Å². The second-order valence-electron chi connectivity index (χ2n) is 4.77. The highest BCUT2D eigenvalue weighted by molar-refractivity contribution is 5.98. The number of amides is 1. The van der Waals surface area contributed by atoms with Gasteiger partial charge in [0.2, 0.25) is 0 Å². The Morgan fingerprint density at radius 1 is 1.48 bits per heavy atom. The van der Waals surface area contributed by atoms with Crippen molar-refractivity contribution in [3.8, 4) is 0 Å². The molecule has 6 nitrogen and oxygen atoms in total. The zero-order valence-electron chi connectivity index (χ0n) is 11.6. The largest absolute Gasteiger partial charge is 0.448 e. The van der Waals surface area contributed by atoms with E-state index < -0.39 is 5.82 Å². The third-order valence-corrected chi connectivity index (χ3v) is 3.31. The highest BCUT2D eigenvalue weighted by Crippen LogP contribution is 2.28. The van der Waals surface area contributed by atoms with E-state index in [1.807, 2.05) is 0 Å². The van der Waals surface area contributed by atoms with E-state index >= 15 is 0 Å². The number of benzene rings is 1. The summed E-state index contributed by atoms with van der Waals surface area (Å²) in [6, 6.07) is 4.62. The summed E-state index contributed by atoms with van der Waals surface area (Å²) in [5.41, 5.74) is 0.727. The molecule has 0 bridgehead atoms. The summed E-state index contributed by atoms with van der Waals surface area (Å²) in [7, 11) is 1.62. The van der Waals surface area contributed by atoms with Crippen molar-refractivity contribution in [2.45, 2.75) is 13.5 Å². The minimum Gasteiger partial charge on any atom is -0.448 e. The number of fused-ring (bicyclic) bond motifs is 1. The second-order valence-corrected chi connectivity index (χ2v) is 4.77. The maximum atomic E-state index is 13.7. The van der Waals surface area contributed by atoms with E-state index in [-0.39, 0.29) is 23.8 Å². The molecule has 0 saturated heterocycles. The quantitative estimate of drug-likeness (QED) is 0.802. The van der Waals surface area contributed by atoms with E-state index in [0.29, 0.717) is 16.8 Å². The Bertz CT molecular complexity index is 795. The first kappa shape index (κ1) is 13.3. The van der Waals surface area contributed by atoms with Gasteiger partial charge in [0.15, 0.2) is 17.2 Å². The topological polar surface area (TPSA) is 75.0 Å². The van der Waals surface area contributed by atoms with Gasteiger partial charge in [0.1, 0.15) is 12.2 Å². The van der Waals surface area contributed by atoms with Gasteiger partial charge in [-0.15, -0.1) is 0 Å². The third kappa shape index (κ3) is 2.26. The molecule has 0 atom stereocenters. The zero-order valence-corrected chi connectivity index (χ0v) is 11.6. The SMILES string of the molecule is Cc1c(C(=O)N(C)Cc2ncn[nH]2)oc2c(F)cccc12. The molecule has 0 aliphatic rings. The summed E-state index contributed by atoms with van der Waals surface area (Å²) < 4.78 is 19.1. The molecular formula is C14H13FN4O2. The molecule has 0 aliphatic heterocycles. The summed E-state index contributed by atoms with van der Waals surface area (Å²) in [5.74, 6) is -0.116. The van der Waals surface area contributed by atoms with Crippen LogP contribution in [-0.2, 0) is 6.54 Å². The van der Waals surface area contributed by atoms with Gasteiger partial charge >= 0.3 is 0 Å². The molecule has 0 spiro atoms. The van der Waals surface area contributed by atoms with Gasteiger partial charge < -0.3 is 9.32 Å². The Balaban J connectivity index is 1.94. The van der Waals surface area contributed by atoms with Crippen LogP contribution in [0.15, 0.2) is 28.9 Å².